The Bertz CT molecular complexity index is 338. The van der Waals surface area contributed by atoms with Crippen LogP contribution < -0.4 is 0 Å². The van der Waals surface area contributed by atoms with Crippen LogP contribution in [-0.2, 0) is 14.2 Å². The molecule has 0 aliphatic rings. The van der Waals surface area contributed by atoms with E-state index in [4.69, 9.17) is 14.2 Å². The first-order valence-electron chi connectivity index (χ1n) is 8.14. The largest absolute Gasteiger partial charge is 0.509 e. The molecule has 0 fully saturated rings. The summed E-state index contributed by atoms with van der Waals surface area (Å²) < 4.78 is 16.5. The maximum Gasteiger partial charge on any atom is 0.509 e. The Morgan fingerprint density at radius 1 is 1.09 bits per heavy atom. The summed E-state index contributed by atoms with van der Waals surface area (Å²) in [5, 5.41) is 9.50. The lowest BCUT2D eigenvalue weighted by atomic mass is 9.96. The van der Waals surface area contributed by atoms with Crippen LogP contribution >= 0.6 is 0 Å². The maximum absolute atomic E-state index is 12.0. The van der Waals surface area contributed by atoms with Gasteiger partial charge in [-0.15, -0.1) is 0 Å². The van der Waals surface area contributed by atoms with Crippen LogP contribution in [-0.4, -0.2) is 40.8 Å². The molecule has 0 aliphatic carbocycles. The number of hydrogen-bond donors (Lipinski definition) is 1. The molecule has 0 aromatic rings. The first kappa shape index (κ1) is 21.2. The molecule has 3 atom stereocenters. The molecule has 132 valence electrons. The third-order valence-electron chi connectivity index (χ3n) is 3.44. The Balaban J connectivity index is 4.46. The van der Waals surface area contributed by atoms with Crippen molar-refractivity contribution in [3.8, 4) is 0 Å². The molecular formula is C17H34O5. The third kappa shape index (κ3) is 9.26. The first-order valence-corrected chi connectivity index (χ1v) is 8.14. The van der Waals surface area contributed by atoms with Crippen LogP contribution in [0.2, 0.25) is 0 Å². The first-order chi connectivity index (χ1) is 9.89. The fraction of sp³-hybridized carbons (Fsp3) is 0.941. The van der Waals surface area contributed by atoms with Crippen LogP contribution in [0.25, 0.3) is 0 Å². The number of ether oxygens (including phenoxy) is 3. The number of aliphatic hydroxyl groups is 1. The molecule has 0 saturated carbocycles. The highest BCUT2D eigenvalue weighted by molar-refractivity contribution is 5.60. The van der Waals surface area contributed by atoms with Crippen LogP contribution in [0.1, 0.15) is 74.7 Å². The van der Waals surface area contributed by atoms with Crippen LogP contribution in [0.4, 0.5) is 4.79 Å². The van der Waals surface area contributed by atoms with Gasteiger partial charge in [-0.05, 0) is 54.9 Å². The highest BCUT2D eigenvalue weighted by Crippen LogP contribution is 2.24. The summed E-state index contributed by atoms with van der Waals surface area (Å²) in [5.41, 5.74) is -1.09. The van der Waals surface area contributed by atoms with Gasteiger partial charge in [0.05, 0.1) is 17.8 Å². The number of carbonyl (C=O) groups excluding carboxylic acids is 1. The second-order valence-electron chi connectivity index (χ2n) is 7.27. The minimum absolute atomic E-state index is 0.114. The van der Waals surface area contributed by atoms with E-state index in [2.05, 4.69) is 0 Å². The van der Waals surface area contributed by atoms with Gasteiger partial charge >= 0.3 is 6.16 Å². The van der Waals surface area contributed by atoms with Gasteiger partial charge in [0.25, 0.3) is 0 Å². The lowest BCUT2D eigenvalue weighted by Crippen LogP contribution is -2.37. The fourth-order valence-corrected chi connectivity index (χ4v) is 2.69. The van der Waals surface area contributed by atoms with Gasteiger partial charge in [0, 0.05) is 12.8 Å². The molecule has 0 heterocycles. The van der Waals surface area contributed by atoms with Gasteiger partial charge in [0.15, 0.2) is 0 Å². The second kappa shape index (κ2) is 8.73. The molecule has 0 radical (unpaired) electrons. The van der Waals surface area contributed by atoms with Gasteiger partial charge < -0.3 is 19.3 Å². The minimum atomic E-state index is -0.713. The average molecular weight is 318 g/mol. The monoisotopic (exact) mass is 318 g/mol. The molecule has 0 spiro atoms. The van der Waals surface area contributed by atoms with E-state index in [-0.39, 0.29) is 17.8 Å². The summed E-state index contributed by atoms with van der Waals surface area (Å²) in [5.74, 6) is 0. The van der Waals surface area contributed by atoms with E-state index in [1.807, 2.05) is 41.5 Å². The van der Waals surface area contributed by atoms with Gasteiger partial charge in [-0.3, -0.25) is 0 Å². The molecule has 5 heteroatoms. The Hall–Kier alpha value is -0.810. The molecule has 0 aromatic heterocycles. The summed E-state index contributed by atoms with van der Waals surface area (Å²) in [4.78, 5) is 12.0. The molecule has 0 amide bonds. The molecule has 0 rings (SSSR count). The molecule has 3 unspecified atom stereocenters. The van der Waals surface area contributed by atoms with E-state index < -0.39 is 17.9 Å². The molecule has 0 saturated heterocycles. The Morgan fingerprint density at radius 2 is 1.64 bits per heavy atom. The van der Waals surface area contributed by atoms with Gasteiger partial charge in [-0.2, -0.15) is 0 Å². The van der Waals surface area contributed by atoms with Crippen molar-refractivity contribution in [2.45, 2.75) is 104 Å². The van der Waals surface area contributed by atoms with Crippen molar-refractivity contribution in [2.24, 2.45) is 0 Å². The summed E-state index contributed by atoms with van der Waals surface area (Å²) >= 11 is 0. The molecule has 0 aliphatic heterocycles. The second-order valence-corrected chi connectivity index (χ2v) is 7.27. The zero-order valence-electron chi connectivity index (χ0n) is 15.4. The van der Waals surface area contributed by atoms with Crippen LogP contribution in [0.3, 0.4) is 0 Å². The van der Waals surface area contributed by atoms with Crippen molar-refractivity contribution in [2.75, 3.05) is 0 Å². The van der Waals surface area contributed by atoms with Gasteiger partial charge in [-0.25, -0.2) is 4.79 Å². The Labute approximate surface area is 135 Å². The summed E-state index contributed by atoms with van der Waals surface area (Å²) in [7, 11) is 0. The smallest absolute Gasteiger partial charge is 0.431 e. The zero-order chi connectivity index (χ0) is 17.6. The van der Waals surface area contributed by atoms with Crippen LogP contribution in [0.15, 0.2) is 0 Å². The van der Waals surface area contributed by atoms with Crippen molar-refractivity contribution >= 4 is 6.16 Å². The Kier molecular flexibility index (Phi) is 8.40. The van der Waals surface area contributed by atoms with E-state index in [1.165, 1.54) is 0 Å². The predicted octanol–water partition coefficient (Wildman–Crippen LogP) is 4.06. The molecule has 22 heavy (non-hydrogen) atoms. The van der Waals surface area contributed by atoms with Crippen LogP contribution in [0.5, 0.6) is 0 Å². The van der Waals surface area contributed by atoms with Gasteiger partial charge in [0.1, 0.15) is 11.7 Å². The van der Waals surface area contributed by atoms with Crippen LogP contribution in [0, 0.1) is 0 Å². The quantitative estimate of drug-likeness (QED) is 0.649. The maximum atomic E-state index is 12.0. The molecule has 5 nitrogen and oxygen atoms in total. The third-order valence-corrected chi connectivity index (χ3v) is 3.44. The van der Waals surface area contributed by atoms with Crippen molar-refractivity contribution in [3.63, 3.8) is 0 Å². The van der Waals surface area contributed by atoms with E-state index in [0.29, 0.717) is 19.3 Å². The van der Waals surface area contributed by atoms with E-state index in [1.54, 1.807) is 13.8 Å². The summed E-state index contributed by atoms with van der Waals surface area (Å²) in [6.07, 6.45) is 0.154. The summed E-state index contributed by atoms with van der Waals surface area (Å²) in [6, 6.07) is 0. The Morgan fingerprint density at radius 3 is 2.05 bits per heavy atom. The fourth-order valence-electron chi connectivity index (χ4n) is 2.69. The number of hydrogen-bond acceptors (Lipinski definition) is 5. The SMILES string of the molecule is CCC(C)(CC(C)O)OC(=O)OC(C)CC(C)(C)OC(C)C. The van der Waals surface area contributed by atoms with Gasteiger partial charge in [-0.1, -0.05) is 6.92 Å². The van der Waals surface area contributed by atoms with E-state index in [9.17, 15) is 9.90 Å². The lowest BCUT2D eigenvalue weighted by molar-refractivity contribution is -0.0945. The van der Waals surface area contributed by atoms with E-state index >= 15 is 0 Å². The highest BCUT2D eigenvalue weighted by Gasteiger charge is 2.31. The van der Waals surface area contributed by atoms with Gasteiger partial charge in [0.2, 0.25) is 0 Å². The van der Waals surface area contributed by atoms with Crippen molar-refractivity contribution < 1.29 is 24.1 Å². The molecule has 0 aromatic carbocycles. The predicted molar refractivity (Wildman–Crippen MR) is 86.9 cm³/mol. The molecular weight excluding hydrogens is 284 g/mol. The summed E-state index contributed by atoms with van der Waals surface area (Å²) in [6.45, 7) is 15.1. The topological polar surface area (TPSA) is 65.0 Å². The van der Waals surface area contributed by atoms with Crippen molar-refractivity contribution in [1.29, 1.82) is 0 Å². The van der Waals surface area contributed by atoms with Crippen molar-refractivity contribution in [3.05, 3.63) is 0 Å². The van der Waals surface area contributed by atoms with Crippen molar-refractivity contribution in [1.82, 2.24) is 0 Å². The number of rotatable bonds is 9. The normalized spacial score (nSPS) is 17.7. The molecule has 1 N–H and O–H groups in total. The number of carbonyl (C=O) groups is 1. The standard InChI is InChI=1S/C17H34O5/c1-9-17(8,10-13(4)18)22-15(19)20-14(5)11-16(6,7)21-12(2)3/h12-14,18H,9-11H2,1-8H3. The van der Waals surface area contributed by atoms with E-state index in [0.717, 1.165) is 0 Å². The highest BCUT2D eigenvalue weighted by atomic mass is 16.7. The average Bonchev–Trinajstić information content (AvgIpc) is 2.23. The molecule has 0 bridgehead atoms. The lowest BCUT2D eigenvalue weighted by Gasteiger charge is -2.32. The zero-order valence-corrected chi connectivity index (χ0v) is 15.4. The minimum Gasteiger partial charge on any atom is -0.431 e. The number of aliphatic hydroxyl groups excluding tert-OH is 1.